The van der Waals surface area contributed by atoms with Gasteiger partial charge in [0.25, 0.3) is 5.91 Å². The number of sulfonamides is 1. The lowest BCUT2D eigenvalue weighted by molar-refractivity contribution is -0.143. The van der Waals surface area contributed by atoms with E-state index in [0.717, 1.165) is 24.5 Å². The smallest absolute Gasteiger partial charge is 0.328 e. The van der Waals surface area contributed by atoms with Gasteiger partial charge in [-0.3, -0.25) is 9.52 Å². The molecule has 0 atom stereocenters. The third-order valence-corrected chi connectivity index (χ3v) is 3.08. The van der Waals surface area contributed by atoms with E-state index in [9.17, 15) is 22.4 Å². The molecule has 0 fully saturated rings. The molecule has 0 aliphatic heterocycles. The lowest BCUT2D eigenvalue weighted by Crippen LogP contribution is -2.49. The molecule has 0 unspecified atom stereocenters. The zero-order valence-corrected chi connectivity index (χ0v) is 12.4. The molecule has 0 saturated heterocycles. The number of rotatable bonds is 5. The van der Waals surface area contributed by atoms with Crippen LogP contribution in [0.2, 0.25) is 0 Å². The van der Waals surface area contributed by atoms with Crippen molar-refractivity contribution in [2.24, 2.45) is 0 Å². The van der Waals surface area contributed by atoms with Gasteiger partial charge in [-0.1, -0.05) is 0 Å². The first-order valence-corrected chi connectivity index (χ1v) is 7.65. The van der Waals surface area contributed by atoms with Crippen LogP contribution in [0.25, 0.3) is 0 Å². The van der Waals surface area contributed by atoms with Crippen molar-refractivity contribution in [3.63, 3.8) is 0 Å². The molecule has 0 saturated carbocycles. The topological polar surface area (TPSA) is 113 Å². The van der Waals surface area contributed by atoms with E-state index in [1.54, 1.807) is 0 Å². The van der Waals surface area contributed by atoms with Gasteiger partial charge in [-0.2, -0.15) is 0 Å². The van der Waals surface area contributed by atoms with E-state index in [1.807, 2.05) is 4.72 Å². The molecule has 0 aliphatic rings. The van der Waals surface area contributed by atoms with Crippen LogP contribution in [0.4, 0.5) is 10.1 Å². The van der Waals surface area contributed by atoms with Crippen LogP contribution in [0.3, 0.4) is 0 Å². The number of carbonyl (C=O) groups excluding carboxylic acids is 1. The average molecular weight is 318 g/mol. The third-order valence-electron chi connectivity index (χ3n) is 2.48. The highest BCUT2D eigenvalue weighted by molar-refractivity contribution is 7.92. The van der Waals surface area contributed by atoms with Crippen LogP contribution in [0, 0.1) is 5.82 Å². The fourth-order valence-corrected chi connectivity index (χ4v) is 1.91. The van der Waals surface area contributed by atoms with Crippen molar-refractivity contribution in [2.45, 2.75) is 19.4 Å². The van der Waals surface area contributed by atoms with Crippen LogP contribution in [0.1, 0.15) is 24.2 Å². The predicted octanol–water partition coefficient (Wildman–Crippen LogP) is 0.790. The number of halogens is 1. The van der Waals surface area contributed by atoms with E-state index in [2.05, 4.69) is 5.32 Å². The highest BCUT2D eigenvalue weighted by Crippen LogP contribution is 2.18. The Balaban J connectivity index is 3.07. The quantitative estimate of drug-likeness (QED) is 0.743. The Morgan fingerprint density at radius 2 is 1.86 bits per heavy atom. The summed E-state index contributed by atoms with van der Waals surface area (Å²) in [5.41, 5.74) is -1.98. The van der Waals surface area contributed by atoms with E-state index in [-0.39, 0.29) is 5.56 Å². The molecule has 0 aromatic heterocycles. The molecule has 0 heterocycles. The van der Waals surface area contributed by atoms with Gasteiger partial charge in [-0.15, -0.1) is 0 Å². The highest BCUT2D eigenvalue weighted by atomic mass is 32.2. The zero-order chi connectivity index (χ0) is 16.4. The molecular weight excluding hydrogens is 303 g/mol. The average Bonchev–Trinajstić information content (AvgIpc) is 2.29. The molecule has 0 aliphatic carbocycles. The molecule has 0 radical (unpaired) electrons. The van der Waals surface area contributed by atoms with Gasteiger partial charge in [0.15, 0.2) is 0 Å². The fourth-order valence-electron chi connectivity index (χ4n) is 1.35. The summed E-state index contributed by atoms with van der Waals surface area (Å²) in [7, 11) is -3.71. The summed E-state index contributed by atoms with van der Waals surface area (Å²) >= 11 is 0. The Bertz CT molecular complexity index is 685. The number of carbonyl (C=O) groups is 2. The minimum Gasteiger partial charge on any atom is -0.480 e. The molecule has 1 aromatic carbocycles. The standard InChI is InChI=1S/C12H15FN2O5S/c1-12(2,11(17)18)14-10(16)7-4-5-8(13)9(6-7)15-21(3,19)20/h4-6,15H,1-3H3,(H,14,16)(H,17,18). The molecule has 0 bridgehead atoms. The monoisotopic (exact) mass is 318 g/mol. The molecule has 21 heavy (non-hydrogen) atoms. The summed E-state index contributed by atoms with van der Waals surface area (Å²) in [6.45, 7) is 2.57. The van der Waals surface area contributed by atoms with E-state index in [0.29, 0.717) is 0 Å². The molecular formula is C12H15FN2O5S. The van der Waals surface area contributed by atoms with Gasteiger partial charge < -0.3 is 10.4 Å². The maximum atomic E-state index is 13.5. The highest BCUT2D eigenvalue weighted by Gasteiger charge is 2.29. The van der Waals surface area contributed by atoms with Crippen molar-refractivity contribution in [3.05, 3.63) is 29.6 Å². The maximum Gasteiger partial charge on any atom is 0.328 e. The van der Waals surface area contributed by atoms with Crippen LogP contribution in [-0.2, 0) is 14.8 Å². The summed E-state index contributed by atoms with van der Waals surface area (Å²) in [6.07, 6.45) is 0.840. The largest absolute Gasteiger partial charge is 0.480 e. The fraction of sp³-hybridized carbons (Fsp3) is 0.333. The van der Waals surface area contributed by atoms with Crippen LogP contribution in [-0.4, -0.2) is 37.2 Å². The lowest BCUT2D eigenvalue weighted by Gasteiger charge is -2.21. The SMILES string of the molecule is CC(C)(NC(=O)c1ccc(F)c(NS(C)(=O)=O)c1)C(=O)O. The molecule has 1 amide bonds. The number of carboxylic acid groups (broad SMARTS) is 1. The van der Waals surface area contributed by atoms with Gasteiger partial charge in [-0.05, 0) is 32.0 Å². The van der Waals surface area contributed by atoms with Crippen LogP contribution < -0.4 is 10.0 Å². The number of hydrogen-bond acceptors (Lipinski definition) is 4. The van der Waals surface area contributed by atoms with E-state index in [1.165, 1.54) is 13.8 Å². The number of hydrogen-bond donors (Lipinski definition) is 3. The minimum atomic E-state index is -3.71. The van der Waals surface area contributed by atoms with E-state index >= 15 is 0 Å². The summed E-state index contributed by atoms with van der Waals surface area (Å²) in [6, 6.07) is 3.02. The third kappa shape index (κ3) is 4.71. The van der Waals surface area contributed by atoms with Crippen molar-refractivity contribution >= 4 is 27.6 Å². The molecule has 1 aromatic rings. The Morgan fingerprint density at radius 1 is 1.29 bits per heavy atom. The van der Waals surface area contributed by atoms with Crippen molar-refractivity contribution in [1.29, 1.82) is 0 Å². The van der Waals surface area contributed by atoms with Crippen molar-refractivity contribution in [2.75, 3.05) is 11.0 Å². The maximum absolute atomic E-state index is 13.5. The Labute approximate surface area is 121 Å². The molecule has 7 nitrogen and oxygen atoms in total. The van der Waals surface area contributed by atoms with E-state index in [4.69, 9.17) is 5.11 Å². The number of amides is 1. The van der Waals surface area contributed by atoms with E-state index < -0.39 is 38.9 Å². The molecule has 9 heteroatoms. The number of benzene rings is 1. The minimum absolute atomic E-state index is 0.0723. The first-order chi connectivity index (χ1) is 9.42. The number of carboxylic acids is 1. The summed E-state index contributed by atoms with van der Waals surface area (Å²) in [5, 5.41) is 11.2. The lowest BCUT2D eigenvalue weighted by atomic mass is 10.1. The molecule has 116 valence electrons. The number of anilines is 1. The molecule has 1 rings (SSSR count). The Morgan fingerprint density at radius 3 is 2.33 bits per heavy atom. The van der Waals surface area contributed by atoms with Crippen LogP contribution in [0.15, 0.2) is 18.2 Å². The first-order valence-electron chi connectivity index (χ1n) is 5.75. The van der Waals surface area contributed by atoms with Crippen molar-refractivity contribution < 1.29 is 27.5 Å². The predicted molar refractivity (Wildman–Crippen MR) is 74.0 cm³/mol. The molecule has 0 spiro atoms. The normalized spacial score (nSPS) is 11.8. The van der Waals surface area contributed by atoms with Crippen molar-refractivity contribution in [1.82, 2.24) is 5.32 Å². The van der Waals surface area contributed by atoms with Crippen LogP contribution >= 0.6 is 0 Å². The van der Waals surface area contributed by atoms with Gasteiger partial charge >= 0.3 is 5.97 Å². The summed E-state index contributed by atoms with van der Waals surface area (Å²) in [4.78, 5) is 22.8. The second-order valence-electron chi connectivity index (χ2n) is 4.95. The van der Waals surface area contributed by atoms with Gasteiger partial charge in [0.2, 0.25) is 10.0 Å². The van der Waals surface area contributed by atoms with Gasteiger partial charge in [0.05, 0.1) is 11.9 Å². The summed E-state index contributed by atoms with van der Waals surface area (Å²) in [5.74, 6) is -2.86. The Kier molecular flexibility index (Phi) is 4.57. The second kappa shape index (κ2) is 5.68. The van der Waals surface area contributed by atoms with Gasteiger partial charge in [0.1, 0.15) is 11.4 Å². The zero-order valence-electron chi connectivity index (χ0n) is 11.6. The van der Waals surface area contributed by atoms with Gasteiger partial charge in [-0.25, -0.2) is 17.6 Å². The Hall–Kier alpha value is -2.16. The second-order valence-corrected chi connectivity index (χ2v) is 6.70. The summed E-state index contributed by atoms with van der Waals surface area (Å²) < 4.78 is 37.6. The number of aliphatic carboxylic acids is 1. The molecule has 3 N–H and O–H groups in total. The first kappa shape index (κ1) is 16.9. The number of nitrogens with one attached hydrogen (secondary N) is 2. The van der Waals surface area contributed by atoms with Gasteiger partial charge in [0, 0.05) is 5.56 Å². The van der Waals surface area contributed by atoms with Crippen molar-refractivity contribution in [3.8, 4) is 0 Å². The van der Waals surface area contributed by atoms with Crippen LogP contribution in [0.5, 0.6) is 0 Å².